The summed E-state index contributed by atoms with van der Waals surface area (Å²) in [6.07, 6.45) is 0. The molecule has 0 saturated carbocycles. The fourth-order valence-electron chi connectivity index (χ4n) is 1.54. The summed E-state index contributed by atoms with van der Waals surface area (Å²) in [6, 6.07) is 1.83. The second kappa shape index (κ2) is 7.55. The van der Waals surface area contributed by atoms with Crippen LogP contribution in [0.4, 0.5) is 0 Å². The minimum Gasteiger partial charge on any atom is -0.478 e. The number of rotatable bonds is 7. The Balaban J connectivity index is 3.12. The summed E-state index contributed by atoms with van der Waals surface area (Å²) >= 11 is 8.88. The number of carbonyl (C=O) groups is 1. The molecule has 1 aromatic carbocycles. The maximum atomic E-state index is 12.2. The molecule has 9 heteroatoms. The maximum Gasteiger partial charge on any atom is 0.337 e. The fraction of sp³-hybridized carbons (Fsp3) is 0.417. The molecule has 0 spiro atoms. The molecule has 0 saturated heterocycles. The molecule has 0 aliphatic heterocycles. The summed E-state index contributed by atoms with van der Waals surface area (Å²) in [4.78, 5) is 10.9. The predicted molar refractivity (Wildman–Crippen MR) is 82.4 cm³/mol. The highest BCUT2D eigenvalue weighted by atomic mass is 79.9. The van der Waals surface area contributed by atoms with Gasteiger partial charge in [0.2, 0.25) is 10.0 Å². The largest absolute Gasteiger partial charge is 0.478 e. The van der Waals surface area contributed by atoms with Crippen LogP contribution in [0.25, 0.3) is 0 Å². The highest BCUT2D eigenvalue weighted by Crippen LogP contribution is 2.30. The Morgan fingerprint density at radius 1 is 1.52 bits per heavy atom. The van der Waals surface area contributed by atoms with Gasteiger partial charge in [0.05, 0.1) is 22.1 Å². The van der Waals surface area contributed by atoms with E-state index < -0.39 is 22.0 Å². The van der Waals surface area contributed by atoms with E-state index in [1.807, 2.05) is 0 Å². The summed E-state index contributed by atoms with van der Waals surface area (Å²) in [7, 11) is -3.87. The zero-order chi connectivity index (χ0) is 16.2. The van der Waals surface area contributed by atoms with Gasteiger partial charge >= 0.3 is 5.97 Å². The molecule has 2 N–H and O–H groups in total. The zero-order valence-electron chi connectivity index (χ0n) is 11.4. The third kappa shape index (κ3) is 4.93. The van der Waals surface area contributed by atoms with Crippen molar-refractivity contribution >= 4 is 43.5 Å². The van der Waals surface area contributed by atoms with Gasteiger partial charge in [0.25, 0.3) is 0 Å². The molecule has 6 nitrogen and oxygen atoms in total. The van der Waals surface area contributed by atoms with Gasteiger partial charge < -0.3 is 9.84 Å². The number of hydrogen-bond acceptors (Lipinski definition) is 4. The number of benzene rings is 1. The van der Waals surface area contributed by atoms with E-state index in [0.29, 0.717) is 6.61 Å². The first kappa shape index (κ1) is 18.4. The quantitative estimate of drug-likeness (QED) is 0.733. The zero-order valence-corrected chi connectivity index (χ0v) is 14.5. The highest BCUT2D eigenvalue weighted by Gasteiger charge is 2.22. The van der Waals surface area contributed by atoms with Gasteiger partial charge in [0, 0.05) is 17.1 Å². The minimum absolute atomic E-state index is 0.0520. The summed E-state index contributed by atoms with van der Waals surface area (Å²) in [5, 5.41) is 8.99. The molecule has 1 rings (SSSR count). The SMILES string of the molecule is CCOCC(C)NS(=O)(=O)c1cc(Br)c(Cl)c(C(=O)O)c1. The minimum atomic E-state index is -3.87. The van der Waals surface area contributed by atoms with Gasteiger partial charge in [0.15, 0.2) is 0 Å². The predicted octanol–water partition coefficient (Wildman–Crippen LogP) is 2.50. The second-order valence-electron chi connectivity index (χ2n) is 4.25. The number of sulfonamides is 1. The van der Waals surface area contributed by atoms with E-state index in [2.05, 4.69) is 20.7 Å². The Kier molecular flexibility index (Phi) is 6.61. The van der Waals surface area contributed by atoms with E-state index in [1.54, 1.807) is 13.8 Å². The van der Waals surface area contributed by atoms with Crippen molar-refractivity contribution in [2.24, 2.45) is 0 Å². The van der Waals surface area contributed by atoms with Crippen LogP contribution in [0, 0.1) is 0 Å². The monoisotopic (exact) mass is 399 g/mol. The molecule has 0 bridgehead atoms. The van der Waals surface area contributed by atoms with Gasteiger partial charge in [-0.15, -0.1) is 0 Å². The lowest BCUT2D eigenvalue weighted by atomic mass is 10.2. The molecule has 0 heterocycles. The Morgan fingerprint density at radius 2 is 2.14 bits per heavy atom. The number of aromatic carboxylic acids is 1. The van der Waals surface area contributed by atoms with Gasteiger partial charge in [-0.1, -0.05) is 11.6 Å². The van der Waals surface area contributed by atoms with Crippen LogP contribution in [0.3, 0.4) is 0 Å². The fourth-order valence-corrected chi connectivity index (χ4v) is 3.62. The summed E-state index contributed by atoms with van der Waals surface area (Å²) in [5.41, 5.74) is -0.288. The van der Waals surface area contributed by atoms with E-state index in [4.69, 9.17) is 21.4 Å². The smallest absolute Gasteiger partial charge is 0.337 e. The van der Waals surface area contributed by atoms with Crippen molar-refractivity contribution in [2.45, 2.75) is 24.8 Å². The topological polar surface area (TPSA) is 92.7 Å². The number of ether oxygens (including phenoxy) is 1. The summed E-state index contributed by atoms with van der Waals surface area (Å²) in [6.45, 7) is 4.14. The number of carboxylic acid groups (broad SMARTS) is 1. The van der Waals surface area contributed by atoms with Crippen LogP contribution in [0.1, 0.15) is 24.2 Å². The number of halogens is 2. The average Bonchev–Trinajstić information content (AvgIpc) is 2.38. The molecule has 1 aromatic rings. The summed E-state index contributed by atoms with van der Waals surface area (Å²) in [5.74, 6) is -1.31. The third-order valence-corrected chi connectivity index (χ3v) is 5.30. The van der Waals surface area contributed by atoms with Crippen LogP contribution >= 0.6 is 27.5 Å². The van der Waals surface area contributed by atoms with Crippen molar-refractivity contribution in [1.82, 2.24) is 4.72 Å². The first-order valence-corrected chi connectivity index (χ1v) is 8.66. The average molecular weight is 401 g/mol. The lowest BCUT2D eigenvalue weighted by Gasteiger charge is -2.15. The van der Waals surface area contributed by atoms with Crippen LogP contribution in [-0.2, 0) is 14.8 Å². The third-order valence-electron chi connectivity index (χ3n) is 2.47. The van der Waals surface area contributed by atoms with Crippen molar-refractivity contribution in [2.75, 3.05) is 13.2 Å². The van der Waals surface area contributed by atoms with E-state index >= 15 is 0 Å². The second-order valence-corrected chi connectivity index (χ2v) is 7.20. The van der Waals surface area contributed by atoms with Crippen LogP contribution in [0.5, 0.6) is 0 Å². The van der Waals surface area contributed by atoms with E-state index in [-0.39, 0.29) is 26.6 Å². The van der Waals surface area contributed by atoms with Crippen LogP contribution in [0.15, 0.2) is 21.5 Å². The first-order valence-electron chi connectivity index (χ1n) is 6.01. The van der Waals surface area contributed by atoms with E-state index in [9.17, 15) is 13.2 Å². The van der Waals surface area contributed by atoms with E-state index in [0.717, 1.165) is 6.07 Å². The Labute approximate surface area is 136 Å². The molecular weight excluding hydrogens is 386 g/mol. The van der Waals surface area contributed by atoms with Crippen LogP contribution in [0.2, 0.25) is 5.02 Å². The first-order chi connectivity index (χ1) is 9.69. The van der Waals surface area contributed by atoms with Gasteiger partial charge in [-0.25, -0.2) is 17.9 Å². The van der Waals surface area contributed by atoms with Crippen molar-refractivity contribution in [3.8, 4) is 0 Å². The molecule has 0 amide bonds. The van der Waals surface area contributed by atoms with E-state index in [1.165, 1.54) is 6.07 Å². The van der Waals surface area contributed by atoms with Gasteiger partial charge in [-0.05, 0) is 41.9 Å². The van der Waals surface area contributed by atoms with Gasteiger partial charge in [-0.2, -0.15) is 0 Å². The molecule has 0 radical (unpaired) electrons. The van der Waals surface area contributed by atoms with Crippen molar-refractivity contribution in [3.63, 3.8) is 0 Å². The van der Waals surface area contributed by atoms with Gasteiger partial charge in [-0.3, -0.25) is 0 Å². The molecule has 21 heavy (non-hydrogen) atoms. The molecule has 0 aliphatic rings. The molecular formula is C12H15BrClNO5S. The molecule has 0 aliphatic carbocycles. The Bertz CT molecular complexity index is 635. The number of carboxylic acids is 1. The lowest BCUT2D eigenvalue weighted by Crippen LogP contribution is -2.36. The maximum absolute atomic E-state index is 12.2. The molecule has 1 atom stereocenters. The van der Waals surface area contributed by atoms with Crippen LogP contribution in [-0.4, -0.2) is 38.7 Å². The Morgan fingerprint density at radius 3 is 2.67 bits per heavy atom. The molecule has 0 aromatic heterocycles. The van der Waals surface area contributed by atoms with Gasteiger partial charge in [0.1, 0.15) is 0 Å². The number of hydrogen-bond donors (Lipinski definition) is 2. The van der Waals surface area contributed by atoms with Crippen molar-refractivity contribution < 1.29 is 23.1 Å². The lowest BCUT2D eigenvalue weighted by molar-refractivity contribution is 0.0696. The van der Waals surface area contributed by atoms with Crippen molar-refractivity contribution in [1.29, 1.82) is 0 Å². The normalized spacial score (nSPS) is 13.1. The molecule has 1 unspecified atom stereocenters. The molecule has 118 valence electrons. The summed E-state index contributed by atoms with van der Waals surface area (Å²) < 4.78 is 32.2. The molecule has 0 fully saturated rings. The number of nitrogens with one attached hydrogen (secondary N) is 1. The Hall–Kier alpha value is -0.670. The standard InChI is InChI=1S/C12H15BrClNO5S/c1-3-20-6-7(2)15-21(18,19)8-4-9(12(16)17)11(14)10(13)5-8/h4-5,7,15H,3,6H2,1-2H3,(H,16,17). The van der Waals surface area contributed by atoms with Crippen molar-refractivity contribution in [3.05, 3.63) is 27.2 Å². The van der Waals surface area contributed by atoms with Crippen LogP contribution < -0.4 is 4.72 Å². The highest BCUT2D eigenvalue weighted by molar-refractivity contribution is 9.10.